The predicted octanol–water partition coefficient (Wildman–Crippen LogP) is 3.67. The van der Waals surface area contributed by atoms with Gasteiger partial charge in [-0.2, -0.15) is 4.98 Å². The van der Waals surface area contributed by atoms with E-state index in [9.17, 15) is 0 Å². The number of thioether (sulfide) groups is 1. The monoisotopic (exact) mass is 331 g/mol. The SMILES string of the molecule is CCn1c(SC(C)c2nc(-c3ccco3)no2)nnc1C1CC1. The van der Waals surface area contributed by atoms with E-state index in [1.165, 1.54) is 12.8 Å². The minimum absolute atomic E-state index is 0.00670. The summed E-state index contributed by atoms with van der Waals surface area (Å²) < 4.78 is 12.8. The molecule has 4 rings (SSSR count). The van der Waals surface area contributed by atoms with E-state index in [-0.39, 0.29) is 5.25 Å². The molecule has 7 nitrogen and oxygen atoms in total. The minimum atomic E-state index is -0.00670. The van der Waals surface area contributed by atoms with Crippen LogP contribution in [0.15, 0.2) is 32.5 Å². The molecule has 0 radical (unpaired) electrons. The van der Waals surface area contributed by atoms with Gasteiger partial charge in [-0.3, -0.25) is 0 Å². The Kier molecular flexibility index (Phi) is 3.68. The summed E-state index contributed by atoms with van der Waals surface area (Å²) in [5.41, 5.74) is 0. The van der Waals surface area contributed by atoms with Gasteiger partial charge in [-0.1, -0.05) is 16.9 Å². The zero-order valence-corrected chi connectivity index (χ0v) is 13.8. The van der Waals surface area contributed by atoms with E-state index in [2.05, 4.69) is 31.8 Å². The third-order valence-corrected chi connectivity index (χ3v) is 4.89. The van der Waals surface area contributed by atoms with E-state index in [1.807, 2.05) is 13.0 Å². The third kappa shape index (κ3) is 2.78. The number of furan rings is 1. The van der Waals surface area contributed by atoms with Crippen molar-refractivity contribution >= 4 is 11.8 Å². The first kappa shape index (κ1) is 14.5. The summed E-state index contributed by atoms with van der Waals surface area (Å²) in [4.78, 5) is 4.41. The second kappa shape index (κ2) is 5.84. The first-order chi connectivity index (χ1) is 11.3. The molecule has 1 aliphatic carbocycles. The molecule has 1 fully saturated rings. The van der Waals surface area contributed by atoms with Gasteiger partial charge in [0, 0.05) is 12.5 Å². The van der Waals surface area contributed by atoms with Crippen molar-refractivity contribution in [3.63, 3.8) is 0 Å². The Bertz CT molecular complexity index is 791. The van der Waals surface area contributed by atoms with Gasteiger partial charge in [0.05, 0.1) is 11.5 Å². The van der Waals surface area contributed by atoms with Crippen molar-refractivity contribution in [2.24, 2.45) is 0 Å². The lowest BCUT2D eigenvalue weighted by atomic mass is 10.4. The molecule has 1 aliphatic rings. The lowest BCUT2D eigenvalue weighted by molar-refractivity contribution is 0.379. The van der Waals surface area contributed by atoms with E-state index in [4.69, 9.17) is 8.94 Å². The molecular weight excluding hydrogens is 314 g/mol. The molecule has 1 saturated carbocycles. The fourth-order valence-corrected chi connectivity index (χ4v) is 3.39. The lowest BCUT2D eigenvalue weighted by Gasteiger charge is -2.08. The Morgan fingerprint density at radius 3 is 2.96 bits per heavy atom. The molecule has 0 saturated heterocycles. The number of aromatic nitrogens is 5. The molecule has 0 spiro atoms. The zero-order chi connectivity index (χ0) is 15.8. The Morgan fingerprint density at radius 1 is 1.39 bits per heavy atom. The zero-order valence-electron chi connectivity index (χ0n) is 13.0. The van der Waals surface area contributed by atoms with Gasteiger partial charge in [-0.25, -0.2) is 0 Å². The van der Waals surface area contributed by atoms with Crippen LogP contribution >= 0.6 is 11.8 Å². The van der Waals surface area contributed by atoms with Crippen LogP contribution in [0.3, 0.4) is 0 Å². The first-order valence-corrected chi connectivity index (χ1v) is 8.61. The van der Waals surface area contributed by atoms with Gasteiger partial charge in [-0.15, -0.1) is 10.2 Å². The van der Waals surface area contributed by atoms with Gasteiger partial charge < -0.3 is 13.5 Å². The molecule has 3 heterocycles. The van der Waals surface area contributed by atoms with E-state index in [0.29, 0.717) is 23.4 Å². The smallest absolute Gasteiger partial charge is 0.240 e. The molecular formula is C15H17N5O2S. The summed E-state index contributed by atoms with van der Waals surface area (Å²) in [5, 5.41) is 13.6. The molecule has 8 heteroatoms. The second-order valence-corrected chi connectivity index (χ2v) is 6.86. The average Bonchev–Trinajstić information content (AvgIpc) is 3.00. The predicted molar refractivity (Wildman–Crippen MR) is 83.9 cm³/mol. The highest BCUT2D eigenvalue weighted by Gasteiger charge is 2.30. The first-order valence-electron chi connectivity index (χ1n) is 7.73. The van der Waals surface area contributed by atoms with Gasteiger partial charge in [0.2, 0.25) is 11.7 Å². The van der Waals surface area contributed by atoms with E-state index in [0.717, 1.165) is 17.5 Å². The highest BCUT2D eigenvalue weighted by Crippen LogP contribution is 2.41. The van der Waals surface area contributed by atoms with Crippen molar-refractivity contribution < 1.29 is 8.94 Å². The Hall–Kier alpha value is -2.09. The average molecular weight is 331 g/mol. The highest BCUT2D eigenvalue weighted by molar-refractivity contribution is 7.99. The molecule has 0 amide bonds. The van der Waals surface area contributed by atoms with Gasteiger partial charge in [0.25, 0.3) is 0 Å². The molecule has 23 heavy (non-hydrogen) atoms. The molecule has 3 aromatic rings. The van der Waals surface area contributed by atoms with Gasteiger partial charge in [-0.05, 0) is 38.8 Å². The lowest BCUT2D eigenvalue weighted by Crippen LogP contribution is -2.02. The molecule has 120 valence electrons. The summed E-state index contributed by atoms with van der Waals surface area (Å²) in [6.45, 7) is 5.01. The minimum Gasteiger partial charge on any atom is -0.461 e. The summed E-state index contributed by atoms with van der Waals surface area (Å²) in [7, 11) is 0. The van der Waals surface area contributed by atoms with Gasteiger partial charge in [0.1, 0.15) is 5.82 Å². The van der Waals surface area contributed by atoms with Gasteiger partial charge >= 0.3 is 0 Å². The van der Waals surface area contributed by atoms with Crippen molar-refractivity contribution in [1.82, 2.24) is 24.9 Å². The van der Waals surface area contributed by atoms with Crippen LogP contribution in [-0.2, 0) is 6.54 Å². The molecule has 0 aromatic carbocycles. The maximum Gasteiger partial charge on any atom is 0.240 e. The molecule has 1 atom stereocenters. The maximum atomic E-state index is 5.36. The second-order valence-electron chi connectivity index (χ2n) is 5.55. The summed E-state index contributed by atoms with van der Waals surface area (Å²) >= 11 is 1.59. The van der Waals surface area contributed by atoms with Crippen molar-refractivity contribution in [2.75, 3.05) is 0 Å². The molecule has 0 aliphatic heterocycles. The number of rotatable bonds is 6. The Labute approximate surface area is 137 Å². The normalized spacial score (nSPS) is 15.9. The molecule has 3 aromatic heterocycles. The summed E-state index contributed by atoms with van der Waals surface area (Å²) in [6.07, 6.45) is 4.02. The van der Waals surface area contributed by atoms with Crippen LogP contribution in [-0.4, -0.2) is 24.9 Å². The number of hydrogen-bond acceptors (Lipinski definition) is 7. The van der Waals surface area contributed by atoms with Crippen LogP contribution in [0.4, 0.5) is 0 Å². The quantitative estimate of drug-likeness (QED) is 0.637. The highest BCUT2D eigenvalue weighted by atomic mass is 32.2. The van der Waals surface area contributed by atoms with E-state index < -0.39 is 0 Å². The topological polar surface area (TPSA) is 82.8 Å². The molecule has 1 unspecified atom stereocenters. The van der Waals surface area contributed by atoms with E-state index >= 15 is 0 Å². The van der Waals surface area contributed by atoms with Crippen molar-refractivity contribution in [3.05, 3.63) is 30.1 Å². The van der Waals surface area contributed by atoms with Gasteiger partial charge in [0.15, 0.2) is 10.9 Å². The van der Waals surface area contributed by atoms with Crippen LogP contribution in [0.25, 0.3) is 11.6 Å². The number of hydrogen-bond donors (Lipinski definition) is 0. The Morgan fingerprint density at radius 2 is 2.26 bits per heavy atom. The van der Waals surface area contributed by atoms with Crippen LogP contribution in [0, 0.1) is 0 Å². The van der Waals surface area contributed by atoms with Crippen molar-refractivity contribution in [1.29, 1.82) is 0 Å². The maximum absolute atomic E-state index is 5.36. The van der Waals surface area contributed by atoms with Crippen LogP contribution in [0.2, 0.25) is 0 Å². The van der Waals surface area contributed by atoms with Crippen LogP contribution in [0.5, 0.6) is 0 Å². The van der Waals surface area contributed by atoms with Crippen molar-refractivity contribution in [2.45, 2.75) is 49.6 Å². The van der Waals surface area contributed by atoms with Crippen LogP contribution < -0.4 is 0 Å². The fourth-order valence-electron chi connectivity index (χ4n) is 2.44. The molecule has 0 N–H and O–H groups in total. The third-order valence-electron chi connectivity index (χ3n) is 3.82. The summed E-state index contributed by atoms with van der Waals surface area (Å²) in [6, 6.07) is 3.61. The fraction of sp³-hybridized carbons (Fsp3) is 0.467. The Balaban J connectivity index is 1.53. The van der Waals surface area contributed by atoms with Crippen LogP contribution in [0.1, 0.15) is 49.6 Å². The van der Waals surface area contributed by atoms with Crippen molar-refractivity contribution in [3.8, 4) is 11.6 Å². The molecule has 0 bridgehead atoms. The summed E-state index contributed by atoms with van der Waals surface area (Å²) in [5.74, 6) is 3.31. The standard InChI is InChI=1S/C15H17N5O2S/c1-3-20-13(10-6-7-10)17-18-15(20)23-9(2)14-16-12(19-22-14)11-5-4-8-21-11/h4-5,8-10H,3,6-7H2,1-2H3. The largest absolute Gasteiger partial charge is 0.461 e. The number of nitrogens with zero attached hydrogens (tertiary/aromatic N) is 5. The van der Waals surface area contributed by atoms with E-state index in [1.54, 1.807) is 24.1 Å².